The lowest BCUT2D eigenvalue weighted by molar-refractivity contribution is 0.107. The van der Waals surface area contributed by atoms with Crippen LogP contribution in [0, 0.1) is 5.92 Å². The number of nitrogens with zero attached hydrogens (tertiary/aromatic N) is 1. The molecular formula is C13H24N2OS. The predicted octanol–water partition coefficient (Wildman–Crippen LogP) is 2.66. The number of hydrogen-bond donors (Lipinski definition) is 1. The van der Waals surface area contributed by atoms with Crippen molar-refractivity contribution in [3.63, 3.8) is 0 Å². The third-order valence-electron chi connectivity index (χ3n) is 3.50. The molecule has 1 aliphatic carbocycles. The first-order chi connectivity index (χ1) is 8.17. The van der Waals surface area contributed by atoms with Gasteiger partial charge in [-0.1, -0.05) is 25.6 Å². The molecule has 2 rings (SSSR count). The number of ether oxygens (including phenoxy) is 1. The summed E-state index contributed by atoms with van der Waals surface area (Å²) in [5.41, 5.74) is 0. The molecule has 0 spiro atoms. The monoisotopic (exact) mass is 256 g/mol. The van der Waals surface area contributed by atoms with Crippen molar-refractivity contribution < 1.29 is 4.74 Å². The lowest BCUT2D eigenvalue weighted by atomic mass is 10.1. The van der Waals surface area contributed by atoms with Crippen LogP contribution in [0.1, 0.15) is 39.5 Å². The van der Waals surface area contributed by atoms with Crippen LogP contribution in [0.5, 0.6) is 0 Å². The molecule has 0 radical (unpaired) electrons. The van der Waals surface area contributed by atoms with Crippen LogP contribution in [0.2, 0.25) is 0 Å². The van der Waals surface area contributed by atoms with Crippen molar-refractivity contribution in [2.75, 3.05) is 13.7 Å². The number of thioether (sulfide) groups is 1. The van der Waals surface area contributed by atoms with Gasteiger partial charge in [-0.05, 0) is 31.6 Å². The van der Waals surface area contributed by atoms with E-state index in [9.17, 15) is 0 Å². The Balaban J connectivity index is 1.71. The van der Waals surface area contributed by atoms with Crippen LogP contribution in [0.3, 0.4) is 0 Å². The first-order valence-corrected chi connectivity index (χ1v) is 7.55. The van der Waals surface area contributed by atoms with Crippen molar-refractivity contribution in [3.05, 3.63) is 0 Å². The van der Waals surface area contributed by atoms with Gasteiger partial charge in [0.1, 0.15) is 0 Å². The van der Waals surface area contributed by atoms with E-state index in [1.807, 2.05) is 18.9 Å². The molecule has 0 saturated heterocycles. The Hall–Kier alpha value is -0.220. The summed E-state index contributed by atoms with van der Waals surface area (Å²) >= 11 is 1.93. The molecule has 4 heteroatoms. The van der Waals surface area contributed by atoms with E-state index in [-0.39, 0.29) is 0 Å². The van der Waals surface area contributed by atoms with Crippen molar-refractivity contribution >= 4 is 16.9 Å². The fraction of sp³-hybridized carbons (Fsp3) is 0.923. The zero-order valence-electron chi connectivity index (χ0n) is 11.1. The second-order valence-electron chi connectivity index (χ2n) is 5.53. The predicted molar refractivity (Wildman–Crippen MR) is 74.7 cm³/mol. The third-order valence-corrected chi connectivity index (χ3v) is 4.64. The van der Waals surface area contributed by atoms with Crippen LogP contribution < -0.4 is 5.32 Å². The maximum absolute atomic E-state index is 5.39. The van der Waals surface area contributed by atoms with E-state index in [0.717, 1.165) is 24.1 Å². The molecule has 2 aliphatic rings. The highest BCUT2D eigenvalue weighted by molar-refractivity contribution is 8.14. The highest BCUT2D eigenvalue weighted by Gasteiger charge is 2.27. The Labute approximate surface area is 109 Å². The number of nitrogens with one attached hydrogen (secondary N) is 1. The van der Waals surface area contributed by atoms with Gasteiger partial charge in [-0.15, -0.1) is 0 Å². The number of rotatable bonds is 4. The zero-order chi connectivity index (χ0) is 12.3. The molecule has 1 fully saturated rings. The summed E-state index contributed by atoms with van der Waals surface area (Å²) < 4.78 is 5.39. The standard InChI is InChI=1S/C13H24N2OS/c1-9(2)6-12-8-14-13(17-12)15-10-4-5-11(7-10)16-3/h9-12H,4-8H2,1-3H3,(H,14,15). The van der Waals surface area contributed by atoms with Gasteiger partial charge in [-0.3, -0.25) is 4.99 Å². The van der Waals surface area contributed by atoms with E-state index >= 15 is 0 Å². The van der Waals surface area contributed by atoms with Gasteiger partial charge in [0.2, 0.25) is 0 Å². The smallest absolute Gasteiger partial charge is 0.157 e. The molecule has 1 saturated carbocycles. The van der Waals surface area contributed by atoms with Crippen molar-refractivity contribution in [1.29, 1.82) is 0 Å². The molecule has 1 aliphatic heterocycles. The molecule has 17 heavy (non-hydrogen) atoms. The molecule has 0 amide bonds. The number of hydrogen-bond acceptors (Lipinski definition) is 4. The number of amidine groups is 1. The fourth-order valence-electron chi connectivity index (χ4n) is 2.61. The second-order valence-corrected chi connectivity index (χ2v) is 6.82. The van der Waals surface area contributed by atoms with Gasteiger partial charge in [0.25, 0.3) is 0 Å². The minimum atomic E-state index is 0.450. The van der Waals surface area contributed by atoms with Gasteiger partial charge < -0.3 is 10.1 Å². The summed E-state index contributed by atoms with van der Waals surface area (Å²) in [5.74, 6) is 0.770. The zero-order valence-corrected chi connectivity index (χ0v) is 11.9. The molecule has 0 aromatic carbocycles. The van der Waals surface area contributed by atoms with Gasteiger partial charge in [0.05, 0.1) is 12.6 Å². The molecule has 1 N–H and O–H groups in total. The van der Waals surface area contributed by atoms with Crippen LogP contribution >= 0.6 is 11.8 Å². The minimum absolute atomic E-state index is 0.450. The highest BCUT2D eigenvalue weighted by Crippen LogP contribution is 2.28. The highest BCUT2D eigenvalue weighted by atomic mass is 32.2. The van der Waals surface area contributed by atoms with Crippen LogP contribution in [-0.4, -0.2) is 36.2 Å². The Morgan fingerprint density at radius 2 is 2.29 bits per heavy atom. The summed E-state index contributed by atoms with van der Waals surface area (Å²) in [6.07, 6.45) is 5.25. The average molecular weight is 256 g/mol. The first kappa shape index (κ1) is 13.2. The van der Waals surface area contributed by atoms with E-state index < -0.39 is 0 Å². The van der Waals surface area contributed by atoms with Crippen molar-refractivity contribution in [1.82, 2.24) is 5.32 Å². The van der Waals surface area contributed by atoms with Crippen LogP contribution in [0.4, 0.5) is 0 Å². The molecule has 3 nitrogen and oxygen atoms in total. The number of aliphatic imine (C=N–C) groups is 1. The third kappa shape index (κ3) is 3.88. The van der Waals surface area contributed by atoms with E-state index in [4.69, 9.17) is 4.74 Å². The maximum Gasteiger partial charge on any atom is 0.157 e. The van der Waals surface area contributed by atoms with Gasteiger partial charge in [-0.25, -0.2) is 0 Å². The van der Waals surface area contributed by atoms with Crippen LogP contribution in [0.25, 0.3) is 0 Å². The molecule has 98 valence electrons. The van der Waals surface area contributed by atoms with Gasteiger partial charge >= 0.3 is 0 Å². The quantitative estimate of drug-likeness (QED) is 0.839. The van der Waals surface area contributed by atoms with Crippen molar-refractivity contribution in [2.45, 2.75) is 56.9 Å². The maximum atomic E-state index is 5.39. The van der Waals surface area contributed by atoms with Crippen LogP contribution in [-0.2, 0) is 4.74 Å². The van der Waals surface area contributed by atoms with E-state index in [1.165, 1.54) is 19.3 Å². The number of methoxy groups -OCH3 is 1. The minimum Gasteiger partial charge on any atom is -0.381 e. The molecule has 0 bridgehead atoms. The molecular weight excluding hydrogens is 232 g/mol. The average Bonchev–Trinajstić information content (AvgIpc) is 2.88. The van der Waals surface area contributed by atoms with E-state index in [0.29, 0.717) is 17.4 Å². The van der Waals surface area contributed by atoms with Gasteiger partial charge in [0.15, 0.2) is 5.17 Å². The first-order valence-electron chi connectivity index (χ1n) is 6.67. The van der Waals surface area contributed by atoms with E-state index in [2.05, 4.69) is 24.2 Å². The largest absolute Gasteiger partial charge is 0.381 e. The Morgan fingerprint density at radius 1 is 1.47 bits per heavy atom. The molecule has 1 heterocycles. The SMILES string of the molecule is COC1CCC(NC2=NCC(CC(C)C)S2)C1. The molecule has 0 aromatic rings. The topological polar surface area (TPSA) is 33.6 Å². The Kier molecular flexibility index (Phi) is 4.74. The van der Waals surface area contributed by atoms with Gasteiger partial charge in [0, 0.05) is 18.4 Å². The summed E-state index contributed by atoms with van der Waals surface area (Å²) in [5, 5.41) is 5.43. The summed E-state index contributed by atoms with van der Waals surface area (Å²) in [7, 11) is 1.81. The Morgan fingerprint density at radius 3 is 2.94 bits per heavy atom. The summed E-state index contributed by atoms with van der Waals surface area (Å²) in [6, 6.07) is 0.573. The summed E-state index contributed by atoms with van der Waals surface area (Å²) in [4.78, 5) is 4.61. The Bertz CT molecular complexity index is 281. The lowest BCUT2D eigenvalue weighted by Crippen LogP contribution is -2.31. The lowest BCUT2D eigenvalue weighted by Gasteiger charge is -2.15. The summed E-state index contributed by atoms with van der Waals surface area (Å²) in [6.45, 7) is 5.56. The van der Waals surface area contributed by atoms with Gasteiger partial charge in [-0.2, -0.15) is 0 Å². The normalized spacial score (nSPS) is 33.2. The van der Waals surface area contributed by atoms with Crippen LogP contribution in [0.15, 0.2) is 4.99 Å². The van der Waals surface area contributed by atoms with Crippen molar-refractivity contribution in [2.24, 2.45) is 10.9 Å². The fourth-order valence-corrected chi connectivity index (χ4v) is 3.93. The van der Waals surface area contributed by atoms with E-state index in [1.54, 1.807) is 0 Å². The molecule has 0 aromatic heterocycles. The molecule has 3 atom stereocenters. The molecule has 3 unspecified atom stereocenters. The van der Waals surface area contributed by atoms with Crippen molar-refractivity contribution in [3.8, 4) is 0 Å². The second kappa shape index (κ2) is 6.10.